The van der Waals surface area contributed by atoms with Gasteiger partial charge in [-0.05, 0) is 36.8 Å². The number of carbonyl (C=O) groups excluding carboxylic acids is 2. The van der Waals surface area contributed by atoms with Gasteiger partial charge in [0, 0.05) is 35.2 Å². The molecule has 0 radical (unpaired) electrons. The van der Waals surface area contributed by atoms with E-state index >= 15 is 0 Å². The summed E-state index contributed by atoms with van der Waals surface area (Å²) < 4.78 is 5.43. The summed E-state index contributed by atoms with van der Waals surface area (Å²) in [5, 5.41) is 22.7. The number of ether oxygens (including phenoxy) is 1. The number of nitrogens with zero attached hydrogens (tertiary/aromatic N) is 2. The SMILES string of the molecule is CC(=O)Oc1c(C(C)=NCC(=O)c2ccc(C(=O)O)c([N+](=O)[O-])c2)csc1-c1ccc(Cl)c(Cl)c1. The van der Waals surface area contributed by atoms with Gasteiger partial charge in [-0.3, -0.25) is 24.7 Å². The predicted molar refractivity (Wildman–Crippen MR) is 133 cm³/mol. The van der Waals surface area contributed by atoms with Gasteiger partial charge < -0.3 is 9.84 Å². The van der Waals surface area contributed by atoms with Gasteiger partial charge in [0.2, 0.25) is 0 Å². The number of hydrogen-bond donors (Lipinski definition) is 1. The second kappa shape index (κ2) is 10.8. The fourth-order valence-corrected chi connectivity index (χ4v) is 4.42. The van der Waals surface area contributed by atoms with Crippen molar-refractivity contribution < 1.29 is 29.2 Å². The Morgan fingerprint density at radius 3 is 2.40 bits per heavy atom. The lowest BCUT2D eigenvalue weighted by Crippen LogP contribution is -2.10. The van der Waals surface area contributed by atoms with Gasteiger partial charge >= 0.3 is 11.9 Å². The van der Waals surface area contributed by atoms with Crippen molar-refractivity contribution in [2.75, 3.05) is 6.54 Å². The third kappa shape index (κ3) is 5.91. The van der Waals surface area contributed by atoms with Gasteiger partial charge in [0.25, 0.3) is 5.69 Å². The number of aromatic carboxylic acids is 1. The first-order valence-electron chi connectivity index (χ1n) is 9.81. The molecule has 12 heteroatoms. The zero-order valence-corrected chi connectivity index (χ0v) is 20.5. The van der Waals surface area contributed by atoms with Crippen LogP contribution in [-0.4, -0.2) is 40.0 Å². The average Bonchev–Trinajstić information content (AvgIpc) is 3.21. The van der Waals surface area contributed by atoms with Crippen molar-refractivity contribution in [2.45, 2.75) is 13.8 Å². The number of carboxylic acids is 1. The van der Waals surface area contributed by atoms with E-state index in [1.165, 1.54) is 24.3 Å². The number of ketones is 1. The molecule has 180 valence electrons. The summed E-state index contributed by atoms with van der Waals surface area (Å²) in [4.78, 5) is 50.7. The molecule has 0 aliphatic carbocycles. The topological polar surface area (TPSA) is 136 Å². The molecule has 9 nitrogen and oxygen atoms in total. The molecule has 0 bridgehead atoms. The van der Waals surface area contributed by atoms with Gasteiger partial charge in [-0.25, -0.2) is 4.79 Å². The highest BCUT2D eigenvalue weighted by atomic mass is 35.5. The molecule has 0 amide bonds. The molecule has 1 heterocycles. The zero-order valence-electron chi connectivity index (χ0n) is 18.2. The van der Waals surface area contributed by atoms with Crippen LogP contribution in [0.1, 0.15) is 40.1 Å². The smallest absolute Gasteiger partial charge is 0.342 e. The van der Waals surface area contributed by atoms with E-state index in [1.807, 2.05) is 0 Å². The summed E-state index contributed by atoms with van der Waals surface area (Å²) in [6.07, 6.45) is 0. The maximum Gasteiger partial charge on any atom is 0.342 e. The van der Waals surface area contributed by atoms with E-state index < -0.39 is 33.9 Å². The fourth-order valence-electron chi connectivity index (χ4n) is 3.08. The van der Waals surface area contributed by atoms with E-state index in [0.29, 0.717) is 31.8 Å². The fraction of sp³-hybridized carbons (Fsp3) is 0.130. The number of carboxylic acid groups (broad SMARTS) is 1. The molecular weight excluding hydrogens is 519 g/mol. The second-order valence-electron chi connectivity index (χ2n) is 7.15. The Morgan fingerprint density at radius 1 is 1.09 bits per heavy atom. The molecular formula is C23H16Cl2N2O7S. The van der Waals surface area contributed by atoms with E-state index in [4.69, 9.17) is 33.0 Å². The van der Waals surface area contributed by atoms with Crippen molar-refractivity contribution in [3.8, 4) is 16.2 Å². The lowest BCUT2D eigenvalue weighted by atomic mass is 10.1. The number of thiophene rings is 1. The maximum absolute atomic E-state index is 12.6. The number of nitro benzene ring substituents is 1. The molecule has 0 saturated heterocycles. The molecule has 0 spiro atoms. The minimum atomic E-state index is -1.47. The maximum atomic E-state index is 12.6. The lowest BCUT2D eigenvalue weighted by Gasteiger charge is -2.08. The number of aliphatic imine (C=N–C) groups is 1. The number of rotatable bonds is 8. The lowest BCUT2D eigenvalue weighted by molar-refractivity contribution is -0.385. The second-order valence-corrected chi connectivity index (χ2v) is 8.84. The van der Waals surface area contributed by atoms with E-state index in [2.05, 4.69) is 4.99 Å². The van der Waals surface area contributed by atoms with Crippen molar-refractivity contribution in [3.63, 3.8) is 0 Å². The molecule has 2 aromatic carbocycles. The summed E-state index contributed by atoms with van der Waals surface area (Å²) in [5.74, 6) is -2.34. The molecule has 0 saturated carbocycles. The quantitative estimate of drug-likeness (QED) is 0.124. The van der Waals surface area contributed by atoms with Crippen LogP contribution < -0.4 is 4.74 Å². The molecule has 1 N–H and O–H groups in total. The van der Waals surface area contributed by atoms with E-state index in [0.717, 1.165) is 12.1 Å². The van der Waals surface area contributed by atoms with Crippen LogP contribution in [0.2, 0.25) is 10.0 Å². The van der Waals surface area contributed by atoms with Crippen molar-refractivity contribution in [2.24, 2.45) is 4.99 Å². The molecule has 35 heavy (non-hydrogen) atoms. The number of nitro groups is 1. The van der Waals surface area contributed by atoms with Gasteiger partial charge in [0.15, 0.2) is 11.5 Å². The highest BCUT2D eigenvalue weighted by Crippen LogP contribution is 2.41. The number of halogens is 2. The van der Waals surface area contributed by atoms with E-state index in [1.54, 1.807) is 30.5 Å². The molecule has 3 aromatic rings. The Hall–Kier alpha value is -3.60. The van der Waals surface area contributed by atoms with Crippen molar-refractivity contribution in [1.82, 2.24) is 0 Å². The van der Waals surface area contributed by atoms with E-state index in [9.17, 15) is 24.5 Å². The van der Waals surface area contributed by atoms with Crippen LogP contribution in [0.15, 0.2) is 46.8 Å². The third-order valence-electron chi connectivity index (χ3n) is 4.77. The average molecular weight is 535 g/mol. The summed E-state index contributed by atoms with van der Waals surface area (Å²) in [6, 6.07) is 8.08. The number of carbonyl (C=O) groups is 3. The summed E-state index contributed by atoms with van der Waals surface area (Å²) in [6.45, 7) is 2.51. The molecule has 0 unspecified atom stereocenters. The first kappa shape index (κ1) is 26.0. The van der Waals surface area contributed by atoms with Gasteiger partial charge in [-0.15, -0.1) is 11.3 Å². The number of Topliss-reactive ketones (excluding diaryl/α,β-unsaturated/α-hetero) is 1. The number of benzene rings is 2. The number of esters is 1. The Balaban J connectivity index is 1.93. The van der Waals surface area contributed by atoms with Crippen LogP contribution >= 0.6 is 34.5 Å². The van der Waals surface area contributed by atoms with Crippen molar-refractivity contribution in [1.29, 1.82) is 0 Å². The highest BCUT2D eigenvalue weighted by molar-refractivity contribution is 7.14. The van der Waals surface area contributed by atoms with Crippen LogP contribution in [0.3, 0.4) is 0 Å². The van der Waals surface area contributed by atoms with Crippen LogP contribution in [-0.2, 0) is 4.79 Å². The van der Waals surface area contributed by atoms with Crippen LogP contribution in [0.25, 0.3) is 10.4 Å². The predicted octanol–water partition coefficient (Wildman–Crippen LogP) is 5.95. The molecule has 0 atom stereocenters. The third-order valence-corrected chi connectivity index (χ3v) is 6.52. The molecule has 0 aliphatic rings. The monoisotopic (exact) mass is 534 g/mol. The highest BCUT2D eigenvalue weighted by Gasteiger charge is 2.23. The number of hydrogen-bond acceptors (Lipinski definition) is 8. The molecule has 3 rings (SSSR count). The van der Waals surface area contributed by atoms with Crippen LogP contribution in [0.5, 0.6) is 5.75 Å². The summed E-state index contributed by atoms with van der Waals surface area (Å²) in [7, 11) is 0. The first-order chi connectivity index (χ1) is 16.5. The molecule has 1 aromatic heterocycles. The summed E-state index contributed by atoms with van der Waals surface area (Å²) >= 11 is 13.4. The minimum Gasteiger partial charge on any atom is -0.477 e. The van der Waals surface area contributed by atoms with Crippen LogP contribution in [0, 0.1) is 10.1 Å². The van der Waals surface area contributed by atoms with Gasteiger partial charge in [0.05, 0.1) is 19.8 Å². The minimum absolute atomic E-state index is 0.0553. The first-order valence-corrected chi connectivity index (χ1v) is 11.4. The van der Waals surface area contributed by atoms with E-state index in [-0.39, 0.29) is 17.9 Å². The Kier molecular flexibility index (Phi) is 8.00. The van der Waals surface area contributed by atoms with Gasteiger partial charge in [-0.2, -0.15) is 0 Å². The molecule has 0 fully saturated rings. The normalized spacial score (nSPS) is 11.3. The molecule has 0 aliphatic heterocycles. The van der Waals surface area contributed by atoms with Crippen LogP contribution in [0.4, 0.5) is 5.69 Å². The van der Waals surface area contributed by atoms with Gasteiger partial charge in [-0.1, -0.05) is 29.3 Å². The standard InChI is InChI=1S/C23H16Cl2N2O7S/c1-11(26-9-20(29)13-3-5-15(23(30)31)19(8-13)27(32)33)16-10-35-22(21(16)34-12(2)28)14-4-6-17(24)18(25)7-14/h3-8,10H,9H2,1-2H3,(H,30,31). The largest absolute Gasteiger partial charge is 0.477 e. The van der Waals surface area contributed by atoms with Crippen molar-refractivity contribution >= 4 is 63.7 Å². The zero-order chi connectivity index (χ0) is 25.9. The Morgan fingerprint density at radius 2 is 1.80 bits per heavy atom. The van der Waals surface area contributed by atoms with Crippen molar-refractivity contribution in [3.05, 3.63) is 78.6 Å². The summed E-state index contributed by atoms with van der Waals surface area (Å²) in [5.41, 5.74) is 0.262. The Bertz CT molecular complexity index is 1400. The Labute approximate surface area is 212 Å². The van der Waals surface area contributed by atoms with Gasteiger partial charge in [0.1, 0.15) is 12.1 Å².